The predicted octanol–water partition coefficient (Wildman–Crippen LogP) is 2.27. The molecule has 0 fully saturated rings. The lowest BCUT2D eigenvalue weighted by molar-refractivity contribution is 0.0955. The molecule has 0 heterocycles. The van der Waals surface area contributed by atoms with Gasteiger partial charge in [-0.1, -0.05) is 19.9 Å². The van der Waals surface area contributed by atoms with Crippen LogP contribution in [0.5, 0.6) is 5.75 Å². The second kappa shape index (κ2) is 6.79. The van der Waals surface area contributed by atoms with Gasteiger partial charge in [0.2, 0.25) is 0 Å². The number of halogens is 2. The maximum absolute atomic E-state index is 13.6. The number of aliphatic hydroxyl groups excluding tert-OH is 1. The molecule has 1 aromatic rings. The van der Waals surface area contributed by atoms with Gasteiger partial charge in [0.15, 0.2) is 0 Å². The van der Waals surface area contributed by atoms with Gasteiger partial charge in [-0.15, -0.1) is 12.4 Å². The number of hydrogen-bond donors (Lipinski definition) is 2. The summed E-state index contributed by atoms with van der Waals surface area (Å²) in [5, 5.41) is 9.85. The zero-order valence-electron chi connectivity index (χ0n) is 10.2. The Balaban J connectivity index is 0.00000256. The summed E-state index contributed by atoms with van der Waals surface area (Å²) in [6.07, 6.45) is -0.800. The summed E-state index contributed by atoms with van der Waals surface area (Å²) in [6, 6.07) is 3.71. The zero-order valence-corrected chi connectivity index (χ0v) is 11.0. The fraction of sp³-hybridized carbons (Fsp3) is 0.500. The fourth-order valence-electron chi connectivity index (χ4n) is 1.60. The number of nitrogens with two attached hydrogens (primary N) is 1. The quantitative estimate of drug-likeness (QED) is 0.876. The van der Waals surface area contributed by atoms with Crippen LogP contribution in [0.3, 0.4) is 0 Å². The van der Waals surface area contributed by atoms with E-state index in [-0.39, 0.29) is 23.9 Å². The summed E-state index contributed by atoms with van der Waals surface area (Å²) in [5.74, 6) is -0.127. The summed E-state index contributed by atoms with van der Waals surface area (Å²) < 4.78 is 18.7. The molecule has 0 aliphatic carbocycles. The van der Waals surface area contributed by atoms with E-state index in [1.165, 1.54) is 13.2 Å². The van der Waals surface area contributed by atoms with Gasteiger partial charge in [-0.2, -0.15) is 0 Å². The van der Waals surface area contributed by atoms with Gasteiger partial charge < -0.3 is 15.6 Å². The first kappa shape index (κ1) is 16.2. The molecule has 17 heavy (non-hydrogen) atoms. The van der Waals surface area contributed by atoms with Crippen LogP contribution in [0.15, 0.2) is 18.2 Å². The summed E-state index contributed by atoms with van der Waals surface area (Å²) in [4.78, 5) is 0. The smallest absolute Gasteiger partial charge is 0.131 e. The molecule has 0 saturated carbocycles. The van der Waals surface area contributed by atoms with E-state index >= 15 is 0 Å². The fourth-order valence-corrected chi connectivity index (χ4v) is 1.60. The molecule has 3 nitrogen and oxygen atoms in total. The summed E-state index contributed by atoms with van der Waals surface area (Å²) in [5.41, 5.74) is 6.07. The highest BCUT2D eigenvalue weighted by molar-refractivity contribution is 5.85. The van der Waals surface area contributed by atoms with E-state index in [0.717, 1.165) is 0 Å². The van der Waals surface area contributed by atoms with Crippen LogP contribution in [0.1, 0.15) is 25.5 Å². The van der Waals surface area contributed by atoms with Crippen molar-refractivity contribution in [2.75, 3.05) is 7.11 Å². The molecular formula is C12H19ClFNO2. The van der Waals surface area contributed by atoms with Gasteiger partial charge in [-0.05, 0) is 18.1 Å². The van der Waals surface area contributed by atoms with Crippen molar-refractivity contribution in [3.63, 3.8) is 0 Å². The van der Waals surface area contributed by atoms with Crippen molar-refractivity contribution < 1.29 is 14.2 Å². The monoisotopic (exact) mass is 263 g/mol. The van der Waals surface area contributed by atoms with Gasteiger partial charge in [-0.25, -0.2) is 4.39 Å². The van der Waals surface area contributed by atoms with Gasteiger partial charge in [0, 0.05) is 5.56 Å². The number of hydrogen-bond acceptors (Lipinski definition) is 3. The lowest BCUT2D eigenvalue weighted by Gasteiger charge is -2.24. The van der Waals surface area contributed by atoms with E-state index < -0.39 is 18.0 Å². The Bertz CT molecular complexity index is 360. The Kier molecular flexibility index (Phi) is 6.45. The van der Waals surface area contributed by atoms with E-state index in [9.17, 15) is 9.50 Å². The van der Waals surface area contributed by atoms with Crippen LogP contribution in [-0.2, 0) is 0 Å². The third-order valence-corrected chi connectivity index (χ3v) is 2.62. The number of benzene rings is 1. The molecule has 0 aliphatic heterocycles. The number of methoxy groups -OCH3 is 1. The molecule has 0 radical (unpaired) electrons. The van der Waals surface area contributed by atoms with Crippen LogP contribution in [0.25, 0.3) is 0 Å². The van der Waals surface area contributed by atoms with Crippen molar-refractivity contribution in [1.82, 2.24) is 0 Å². The Morgan fingerprint density at radius 1 is 1.35 bits per heavy atom. The van der Waals surface area contributed by atoms with Gasteiger partial charge in [0.1, 0.15) is 11.6 Å². The molecule has 0 aliphatic rings. The minimum Gasteiger partial charge on any atom is -0.496 e. The van der Waals surface area contributed by atoms with Crippen molar-refractivity contribution in [2.24, 2.45) is 11.7 Å². The molecule has 0 saturated heterocycles. The minimum atomic E-state index is -0.800. The molecule has 98 valence electrons. The van der Waals surface area contributed by atoms with Crippen LogP contribution in [-0.4, -0.2) is 18.3 Å². The second-order valence-corrected chi connectivity index (χ2v) is 4.12. The zero-order chi connectivity index (χ0) is 12.3. The number of ether oxygens (including phenoxy) is 1. The standard InChI is InChI=1S/C12H18FNO2.ClH/c1-7(2)12(15)11(14)10-8(13)5-4-6-9(10)16-3;/h4-7,11-12,15H,14H2,1-3H3;1H/t11-,12+;/m0./s1. The van der Waals surface area contributed by atoms with E-state index in [1.807, 2.05) is 13.8 Å². The highest BCUT2D eigenvalue weighted by Gasteiger charge is 2.25. The normalized spacial score (nSPS) is 14.1. The Hall–Kier alpha value is -0.840. The van der Waals surface area contributed by atoms with Crippen molar-refractivity contribution in [3.8, 4) is 5.75 Å². The van der Waals surface area contributed by atoms with Crippen LogP contribution < -0.4 is 10.5 Å². The van der Waals surface area contributed by atoms with E-state index in [0.29, 0.717) is 5.75 Å². The molecule has 0 aromatic heterocycles. The topological polar surface area (TPSA) is 55.5 Å². The second-order valence-electron chi connectivity index (χ2n) is 4.12. The molecule has 2 atom stereocenters. The van der Waals surface area contributed by atoms with E-state index in [1.54, 1.807) is 12.1 Å². The third kappa shape index (κ3) is 3.56. The first-order valence-electron chi connectivity index (χ1n) is 5.25. The molecule has 0 unspecified atom stereocenters. The highest BCUT2D eigenvalue weighted by Crippen LogP contribution is 2.30. The summed E-state index contributed by atoms with van der Waals surface area (Å²) >= 11 is 0. The lowest BCUT2D eigenvalue weighted by Crippen LogP contribution is -2.31. The molecule has 3 N–H and O–H groups in total. The van der Waals surface area contributed by atoms with Gasteiger partial charge in [-0.3, -0.25) is 0 Å². The van der Waals surface area contributed by atoms with Gasteiger partial charge in [0.25, 0.3) is 0 Å². The molecule has 0 amide bonds. The van der Waals surface area contributed by atoms with E-state index in [2.05, 4.69) is 0 Å². The Labute approximate surface area is 107 Å². The maximum atomic E-state index is 13.6. The van der Waals surface area contributed by atoms with E-state index in [4.69, 9.17) is 10.5 Å². The van der Waals surface area contributed by atoms with Crippen molar-refractivity contribution >= 4 is 12.4 Å². The first-order valence-corrected chi connectivity index (χ1v) is 5.25. The maximum Gasteiger partial charge on any atom is 0.131 e. The van der Waals surface area contributed by atoms with Crippen molar-refractivity contribution in [1.29, 1.82) is 0 Å². The van der Waals surface area contributed by atoms with Gasteiger partial charge >= 0.3 is 0 Å². The summed E-state index contributed by atoms with van der Waals surface area (Å²) in [6.45, 7) is 3.66. The largest absolute Gasteiger partial charge is 0.496 e. The van der Waals surface area contributed by atoms with Crippen LogP contribution in [0.2, 0.25) is 0 Å². The molecule has 1 aromatic carbocycles. The average Bonchev–Trinajstić information content (AvgIpc) is 2.26. The lowest BCUT2D eigenvalue weighted by atomic mass is 9.93. The SMILES string of the molecule is COc1cccc(F)c1[C@H](N)[C@H](O)C(C)C.Cl. The Morgan fingerprint density at radius 2 is 1.94 bits per heavy atom. The van der Waals surface area contributed by atoms with Crippen molar-refractivity contribution in [3.05, 3.63) is 29.6 Å². The number of rotatable bonds is 4. The Morgan fingerprint density at radius 3 is 2.41 bits per heavy atom. The minimum absolute atomic E-state index is 0. The molecule has 5 heteroatoms. The van der Waals surface area contributed by atoms with Gasteiger partial charge in [0.05, 0.1) is 19.3 Å². The van der Waals surface area contributed by atoms with Crippen LogP contribution in [0, 0.1) is 11.7 Å². The molecule has 0 bridgehead atoms. The molecule has 1 rings (SSSR count). The third-order valence-electron chi connectivity index (χ3n) is 2.62. The highest BCUT2D eigenvalue weighted by atomic mass is 35.5. The molecular weight excluding hydrogens is 245 g/mol. The first-order chi connectivity index (χ1) is 7.49. The molecule has 0 spiro atoms. The van der Waals surface area contributed by atoms with Crippen LogP contribution >= 0.6 is 12.4 Å². The number of aliphatic hydroxyl groups is 1. The summed E-state index contributed by atoms with van der Waals surface area (Å²) in [7, 11) is 1.45. The van der Waals surface area contributed by atoms with Crippen molar-refractivity contribution in [2.45, 2.75) is 26.0 Å². The predicted molar refractivity (Wildman–Crippen MR) is 68.0 cm³/mol. The average molecular weight is 264 g/mol. The van der Waals surface area contributed by atoms with Crippen LogP contribution in [0.4, 0.5) is 4.39 Å².